The Morgan fingerprint density at radius 1 is 1.09 bits per heavy atom. The maximum Gasteiger partial charge on any atom is 0.417 e. The van der Waals surface area contributed by atoms with Crippen LogP contribution in [0.1, 0.15) is 24.1 Å². The molecule has 0 aromatic heterocycles. The van der Waals surface area contributed by atoms with Gasteiger partial charge in [-0.25, -0.2) is 13.1 Å². The molecule has 0 bridgehead atoms. The molecule has 0 aliphatic carbocycles. The second-order valence-corrected chi connectivity index (χ2v) is 7.01. The highest BCUT2D eigenvalue weighted by Crippen LogP contribution is 2.36. The van der Waals surface area contributed by atoms with E-state index in [0.29, 0.717) is 11.6 Å². The molecule has 2 rings (SSSR count). The van der Waals surface area contributed by atoms with Crippen LogP contribution in [0.5, 0.6) is 0 Å². The van der Waals surface area contributed by atoms with Crippen LogP contribution in [-0.4, -0.2) is 8.42 Å². The lowest BCUT2D eigenvalue weighted by atomic mass is 10.1. The van der Waals surface area contributed by atoms with Crippen LogP contribution >= 0.6 is 11.6 Å². The molecule has 0 radical (unpaired) electrons. The highest BCUT2D eigenvalue weighted by molar-refractivity contribution is 7.89. The topological polar surface area (TPSA) is 46.2 Å². The first kappa shape index (κ1) is 17.8. The molecule has 2 aromatic rings. The summed E-state index contributed by atoms with van der Waals surface area (Å²) in [6, 6.07) is 10.4. The number of benzene rings is 2. The van der Waals surface area contributed by atoms with E-state index in [9.17, 15) is 21.6 Å². The Morgan fingerprint density at radius 2 is 1.70 bits per heavy atom. The van der Waals surface area contributed by atoms with Crippen LogP contribution in [-0.2, 0) is 16.2 Å². The maximum atomic E-state index is 13.1. The number of sulfonamides is 1. The molecule has 124 valence electrons. The molecule has 0 aliphatic rings. The SMILES string of the molecule is CC(NS(=O)(=O)c1ccc(Cl)cc1C(F)(F)F)c1ccccc1. The molecule has 1 atom stereocenters. The summed E-state index contributed by atoms with van der Waals surface area (Å²) in [5.41, 5.74) is -0.656. The monoisotopic (exact) mass is 363 g/mol. The summed E-state index contributed by atoms with van der Waals surface area (Å²) in [5.74, 6) is 0. The van der Waals surface area contributed by atoms with Crippen molar-refractivity contribution in [1.29, 1.82) is 0 Å². The maximum absolute atomic E-state index is 13.1. The molecule has 0 amide bonds. The van der Waals surface area contributed by atoms with Gasteiger partial charge >= 0.3 is 6.18 Å². The first-order chi connectivity index (χ1) is 10.6. The van der Waals surface area contributed by atoms with E-state index in [4.69, 9.17) is 11.6 Å². The van der Waals surface area contributed by atoms with Gasteiger partial charge in [-0.3, -0.25) is 0 Å². The van der Waals surface area contributed by atoms with Crippen LogP contribution < -0.4 is 4.72 Å². The predicted octanol–water partition coefficient (Wildman–Crippen LogP) is 4.40. The van der Waals surface area contributed by atoms with Gasteiger partial charge in [0.25, 0.3) is 0 Å². The van der Waals surface area contributed by atoms with E-state index in [0.717, 1.165) is 12.1 Å². The summed E-state index contributed by atoms with van der Waals surface area (Å²) in [7, 11) is -4.37. The standard InChI is InChI=1S/C15H13ClF3NO2S/c1-10(11-5-3-2-4-6-11)20-23(21,22)14-8-7-12(16)9-13(14)15(17,18)19/h2-10,20H,1H3. The molecule has 3 nitrogen and oxygen atoms in total. The predicted molar refractivity (Wildman–Crippen MR) is 81.6 cm³/mol. The fourth-order valence-electron chi connectivity index (χ4n) is 2.06. The average molecular weight is 364 g/mol. The average Bonchev–Trinajstić information content (AvgIpc) is 2.46. The second-order valence-electron chi connectivity index (χ2n) is 4.89. The number of nitrogens with one attached hydrogen (secondary N) is 1. The Hall–Kier alpha value is -1.57. The fourth-order valence-corrected chi connectivity index (χ4v) is 3.68. The second kappa shape index (κ2) is 6.51. The van der Waals surface area contributed by atoms with Gasteiger partial charge in [0.1, 0.15) is 0 Å². The molecule has 2 aromatic carbocycles. The quantitative estimate of drug-likeness (QED) is 0.875. The minimum atomic E-state index is -4.83. The highest BCUT2D eigenvalue weighted by Gasteiger charge is 2.37. The summed E-state index contributed by atoms with van der Waals surface area (Å²) in [5, 5.41) is -0.188. The number of rotatable bonds is 4. The molecular weight excluding hydrogens is 351 g/mol. The van der Waals surface area contributed by atoms with Crippen LogP contribution in [0.4, 0.5) is 13.2 Å². The Balaban J connectivity index is 2.41. The van der Waals surface area contributed by atoms with Crippen LogP contribution in [0.2, 0.25) is 5.02 Å². The van der Waals surface area contributed by atoms with Crippen LogP contribution in [0.25, 0.3) is 0 Å². The first-order valence-corrected chi connectivity index (χ1v) is 8.41. The highest BCUT2D eigenvalue weighted by atomic mass is 35.5. The number of hydrogen-bond donors (Lipinski definition) is 1. The minimum Gasteiger partial charge on any atom is -0.207 e. The van der Waals surface area contributed by atoms with Gasteiger partial charge in [-0.15, -0.1) is 0 Å². The molecule has 0 saturated heterocycles. The Kier molecular flexibility index (Phi) is 5.03. The zero-order chi connectivity index (χ0) is 17.3. The fraction of sp³-hybridized carbons (Fsp3) is 0.200. The van der Waals surface area contributed by atoms with E-state index in [1.807, 2.05) is 0 Å². The van der Waals surface area contributed by atoms with Gasteiger partial charge in [0.2, 0.25) is 10.0 Å². The van der Waals surface area contributed by atoms with E-state index in [1.165, 1.54) is 0 Å². The van der Waals surface area contributed by atoms with Crippen molar-refractivity contribution in [3.05, 3.63) is 64.7 Å². The Bertz CT molecular complexity index is 792. The molecule has 0 spiro atoms. The van der Waals surface area contributed by atoms with Crippen molar-refractivity contribution < 1.29 is 21.6 Å². The van der Waals surface area contributed by atoms with Crippen molar-refractivity contribution in [3.63, 3.8) is 0 Å². The molecule has 23 heavy (non-hydrogen) atoms. The summed E-state index contributed by atoms with van der Waals surface area (Å²) in [6.45, 7) is 1.55. The van der Waals surface area contributed by atoms with Crippen molar-refractivity contribution in [1.82, 2.24) is 4.72 Å². The molecule has 0 fully saturated rings. The van der Waals surface area contributed by atoms with E-state index in [-0.39, 0.29) is 5.02 Å². The lowest BCUT2D eigenvalue weighted by Crippen LogP contribution is -2.29. The molecule has 8 heteroatoms. The van der Waals surface area contributed by atoms with Gasteiger partial charge in [0, 0.05) is 11.1 Å². The zero-order valence-corrected chi connectivity index (χ0v) is 13.5. The Morgan fingerprint density at radius 3 is 2.26 bits per heavy atom. The van der Waals surface area contributed by atoms with Crippen LogP contribution in [0.3, 0.4) is 0 Å². The van der Waals surface area contributed by atoms with E-state index in [2.05, 4.69) is 4.72 Å². The molecular formula is C15H13ClF3NO2S. The van der Waals surface area contributed by atoms with Gasteiger partial charge in [-0.2, -0.15) is 13.2 Å². The summed E-state index contributed by atoms with van der Waals surface area (Å²) < 4.78 is 66.1. The molecule has 1 unspecified atom stereocenters. The van der Waals surface area contributed by atoms with Crippen molar-refractivity contribution in [2.24, 2.45) is 0 Å². The van der Waals surface area contributed by atoms with Crippen molar-refractivity contribution >= 4 is 21.6 Å². The van der Waals surface area contributed by atoms with Gasteiger partial charge in [0.15, 0.2) is 0 Å². The number of halogens is 4. The summed E-state index contributed by atoms with van der Waals surface area (Å²) in [6.07, 6.45) is -4.83. The largest absolute Gasteiger partial charge is 0.417 e. The van der Waals surface area contributed by atoms with Crippen molar-refractivity contribution in [3.8, 4) is 0 Å². The lowest BCUT2D eigenvalue weighted by molar-refractivity contribution is -0.139. The van der Waals surface area contributed by atoms with Crippen LogP contribution in [0, 0.1) is 0 Å². The van der Waals surface area contributed by atoms with E-state index < -0.39 is 32.7 Å². The van der Waals surface area contributed by atoms with Gasteiger partial charge in [-0.1, -0.05) is 41.9 Å². The first-order valence-electron chi connectivity index (χ1n) is 6.55. The molecule has 0 saturated carbocycles. The van der Waals surface area contributed by atoms with Gasteiger partial charge < -0.3 is 0 Å². The third-order valence-corrected chi connectivity index (χ3v) is 5.00. The smallest absolute Gasteiger partial charge is 0.207 e. The Labute approximate surface area is 137 Å². The molecule has 0 aliphatic heterocycles. The van der Waals surface area contributed by atoms with Crippen molar-refractivity contribution in [2.75, 3.05) is 0 Å². The minimum absolute atomic E-state index is 0.188. The van der Waals surface area contributed by atoms with Gasteiger partial charge in [-0.05, 0) is 30.7 Å². The van der Waals surface area contributed by atoms with Crippen LogP contribution in [0.15, 0.2) is 53.4 Å². The lowest BCUT2D eigenvalue weighted by Gasteiger charge is -2.18. The van der Waals surface area contributed by atoms with E-state index in [1.54, 1.807) is 37.3 Å². The molecule has 0 heterocycles. The number of alkyl halides is 3. The summed E-state index contributed by atoms with van der Waals surface area (Å²) in [4.78, 5) is -0.850. The van der Waals surface area contributed by atoms with Gasteiger partial charge in [0.05, 0.1) is 10.5 Å². The third kappa shape index (κ3) is 4.25. The number of hydrogen-bond acceptors (Lipinski definition) is 2. The normalized spacial score (nSPS) is 13.8. The molecule has 1 N–H and O–H groups in total. The van der Waals surface area contributed by atoms with Crippen molar-refractivity contribution in [2.45, 2.75) is 24.0 Å². The third-order valence-electron chi connectivity index (χ3n) is 3.17. The van der Waals surface area contributed by atoms with E-state index >= 15 is 0 Å². The summed E-state index contributed by atoms with van der Waals surface area (Å²) >= 11 is 5.56. The zero-order valence-electron chi connectivity index (χ0n) is 11.9.